The number of aliphatic imine (C=N–C) groups is 2. The van der Waals surface area contributed by atoms with Gasteiger partial charge in [0.25, 0.3) is 5.91 Å². The van der Waals surface area contributed by atoms with Crippen molar-refractivity contribution in [2.75, 3.05) is 25.0 Å². The number of carboxylic acids is 1. The number of piperidine rings is 1. The molecule has 0 unspecified atom stereocenters. The number of ether oxygens (including phenoxy) is 1. The first-order valence-electron chi connectivity index (χ1n) is 14.1. The summed E-state index contributed by atoms with van der Waals surface area (Å²) in [6, 6.07) is 12.0. The van der Waals surface area contributed by atoms with E-state index in [1.165, 1.54) is 23.1 Å². The number of aromatic hydroxyl groups is 1. The molecular formula is C32H28BrN5O8. The van der Waals surface area contributed by atoms with Crippen molar-refractivity contribution in [3.05, 3.63) is 81.7 Å². The molecule has 0 aromatic heterocycles. The Hall–Kier alpha value is -5.47. The van der Waals surface area contributed by atoms with Crippen LogP contribution in [0.15, 0.2) is 80.5 Å². The second kappa shape index (κ2) is 16.0. The summed E-state index contributed by atoms with van der Waals surface area (Å²) >= 11 is 3.23. The van der Waals surface area contributed by atoms with E-state index in [1.807, 2.05) is 30.1 Å². The number of carboxylic acid groups (broad SMARTS) is 1. The molecule has 0 aliphatic carbocycles. The van der Waals surface area contributed by atoms with E-state index in [0.29, 0.717) is 48.9 Å². The Morgan fingerprint density at radius 3 is 2.43 bits per heavy atom. The zero-order valence-corrected chi connectivity index (χ0v) is 25.9. The van der Waals surface area contributed by atoms with Crippen LogP contribution in [0.25, 0.3) is 0 Å². The first-order chi connectivity index (χ1) is 22.1. The number of fused-ring (bicyclic) bond motifs is 1. The normalized spacial score (nSPS) is 14.8. The van der Waals surface area contributed by atoms with Crippen molar-refractivity contribution < 1.29 is 38.9 Å². The Bertz CT molecular complexity index is 1740. The lowest BCUT2D eigenvalue weighted by molar-refractivity contribution is -0.148. The van der Waals surface area contributed by atoms with Crippen molar-refractivity contribution in [3.63, 3.8) is 0 Å². The molecule has 2 aliphatic rings. The molecule has 46 heavy (non-hydrogen) atoms. The average molecular weight is 691 g/mol. The fraction of sp³-hybridized carbons (Fsp3) is 0.281. The van der Waals surface area contributed by atoms with Crippen LogP contribution in [0.2, 0.25) is 0 Å². The summed E-state index contributed by atoms with van der Waals surface area (Å²) in [6.45, 7) is 1.19. The average Bonchev–Trinajstić information content (AvgIpc) is 3.21. The standard InChI is InChI=1S/C32H28BrN5O8/c33-24-19-21(9-10-26(24)39)20-27(28(40)34-14-5-1-2-6-15-35-29(41)30(42)43)46-32(45)37-16-12-23(13-17-37)38-18-11-22-7-3-4-8-25(22)36-31(38)44/h1-4,7-10,19,23,27,39H,11-13,16-18,20H2,(H,36,44)(H,42,43)/t27-/m1/s1. The van der Waals surface area contributed by atoms with Crippen LogP contribution in [-0.2, 0) is 32.0 Å². The highest BCUT2D eigenvalue weighted by Crippen LogP contribution is 2.27. The number of urea groups is 1. The summed E-state index contributed by atoms with van der Waals surface area (Å²) < 4.78 is 6.01. The number of phenolic OH excluding ortho intramolecular Hbond substituents is 1. The zero-order chi connectivity index (χ0) is 33.1. The van der Waals surface area contributed by atoms with Crippen LogP contribution >= 0.6 is 15.9 Å². The van der Waals surface area contributed by atoms with E-state index in [4.69, 9.17) is 9.84 Å². The number of halogens is 1. The van der Waals surface area contributed by atoms with E-state index in [9.17, 15) is 29.1 Å². The van der Waals surface area contributed by atoms with Crippen molar-refractivity contribution in [1.82, 2.24) is 9.80 Å². The van der Waals surface area contributed by atoms with Crippen LogP contribution in [0.4, 0.5) is 15.3 Å². The number of carbonyl (C=O) groups excluding carboxylic acids is 4. The Balaban J connectivity index is 1.41. The molecule has 0 saturated carbocycles. The van der Waals surface area contributed by atoms with Gasteiger partial charge in [0.05, 0.1) is 4.47 Å². The molecule has 3 N–H and O–H groups in total. The number of rotatable bonds is 6. The molecule has 0 radical (unpaired) electrons. The number of amides is 5. The molecule has 2 aromatic carbocycles. The van der Waals surface area contributed by atoms with Crippen LogP contribution in [0, 0.1) is 0 Å². The Morgan fingerprint density at radius 2 is 1.74 bits per heavy atom. The van der Waals surface area contributed by atoms with Crippen LogP contribution < -0.4 is 5.32 Å². The van der Waals surface area contributed by atoms with E-state index in [1.54, 1.807) is 17.0 Å². The smallest absolute Gasteiger partial charge is 0.410 e. The van der Waals surface area contributed by atoms with Gasteiger partial charge in [0.15, 0.2) is 6.10 Å². The van der Waals surface area contributed by atoms with Crippen LogP contribution in [0.5, 0.6) is 5.75 Å². The molecule has 0 bridgehead atoms. The van der Waals surface area contributed by atoms with Crippen molar-refractivity contribution in [1.29, 1.82) is 0 Å². The molecule has 14 heteroatoms. The lowest BCUT2D eigenvalue weighted by atomic mass is 10.0. The van der Waals surface area contributed by atoms with Gasteiger partial charge in [-0.15, -0.1) is 4.99 Å². The maximum absolute atomic E-state index is 13.2. The number of aliphatic carboxylic acids is 1. The van der Waals surface area contributed by atoms with Gasteiger partial charge in [0.2, 0.25) is 0 Å². The topological polar surface area (TPSA) is 178 Å². The highest BCUT2D eigenvalue weighted by Gasteiger charge is 2.33. The Morgan fingerprint density at radius 1 is 1.04 bits per heavy atom. The molecule has 2 aromatic rings. The molecule has 2 heterocycles. The highest BCUT2D eigenvalue weighted by molar-refractivity contribution is 9.10. The third-order valence-electron chi connectivity index (χ3n) is 7.14. The maximum Gasteiger partial charge on any atom is 0.410 e. The number of carbonyl (C=O) groups is 5. The zero-order valence-electron chi connectivity index (χ0n) is 24.3. The summed E-state index contributed by atoms with van der Waals surface area (Å²) in [5.41, 5.74) is 7.17. The molecule has 1 fully saturated rings. The van der Waals surface area contributed by atoms with Crippen LogP contribution in [0.1, 0.15) is 24.0 Å². The number of anilines is 1. The second-order valence-corrected chi connectivity index (χ2v) is 11.0. The molecule has 1 atom stereocenters. The molecule has 2 aliphatic heterocycles. The lowest BCUT2D eigenvalue weighted by Gasteiger charge is -2.37. The summed E-state index contributed by atoms with van der Waals surface area (Å²) in [7, 11) is 0. The molecule has 0 spiro atoms. The quantitative estimate of drug-likeness (QED) is 0.178. The van der Waals surface area contributed by atoms with Gasteiger partial charge in [-0.1, -0.05) is 24.3 Å². The number of hydrogen-bond donors (Lipinski definition) is 3. The number of para-hydroxylation sites is 1. The molecule has 4 rings (SSSR count). The van der Waals surface area contributed by atoms with E-state index < -0.39 is 30.0 Å². The minimum absolute atomic E-state index is 0.000899. The van der Waals surface area contributed by atoms with E-state index >= 15 is 0 Å². The summed E-state index contributed by atoms with van der Waals surface area (Å²) in [4.78, 5) is 70.3. The molecule has 5 amide bonds. The van der Waals surface area contributed by atoms with Gasteiger partial charge in [0.1, 0.15) is 5.75 Å². The maximum atomic E-state index is 13.2. The fourth-order valence-electron chi connectivity index (χ4n) is 4.81. The van der Waals surface area contributed by atoms with Crippen molar-refractivity contribution >= 4 is 63.3 Å². The van der Waals surface area contributed by atoms with Gasteiger partial charge in [0, 0.05) is 49.5 Å². The summed E-state index contributed by atoms with van der Waals surface area (Å²) in [5, 5.41) is 21.2. The fourth-order valence-corrected chi connectivity index (χ4v) is 5.24. The SMILES string of the molecule is O=C(O)C(=O)N=C=C=CC=C=C=NC(=O)[C@@H](Cc1ccc(O)c(Br)c1)OC(=O)N1CCC(N2CCc3ccccc3NC2=O)CC1. The van der Waals surface area contributed by atoms with Crippen molar-refractivity contribution in [2.24, 2.45) is 9.98 Å². The molecule has 1 saturated heterocycles. The Kier molecular flexibility index (Phi) is 11.6. The first kappa shape index (κ1) is 33.4. The van der Waals surface area contributed by atoms with Gasteiger partial charge >= 0.3 is 24.0 Å². The second-order valence-electron chi connectivity index (χ2n) is 10.1. The number of allylic oxidation sites excluding steroid dienone is 2. The van der Waals surface area contributed by atoms with Crippen LogP contribution in [0.3, 0.4) is 0 Å². The van der Waals surface area contributed by atoms with Gasteiger partial charge in [-0.25, -0.2) is 14.4 Å². The number of likely N-dealkylation sites (tertiary alicyclic amines) is 1. The van der Waals surface area contributed by atoms with Crippen molar-refractivity contribution in [3.8, 4) is 5.75 Å². The minimum Gasteiger partial charge on any atom is -0.507 e. The third kappa shape index (κ3) is 9.27. The number of hydrogen-bond acceptors (Lipinski definition) is 7. The van der Waals surface area contributed by atoms with Gasteiger partial charge in [-0.05, 0) is 88.1 Å². The summed E-state index contributed by atoms with van der Waals surface area (Å²) in [6.07, 6.45) is 2.09. The molecule has 236 valence electrons. The van der Waals surface area contributed by atoms with Gasteiger partial charge in [-0.3, -0.25) is 9.59 Å². The monoisotopic (exact) mass is 689 g/mol. The van der Waals surface area contributed by atoms with E-state index in [2.05, 4.69) is 48.6 Å². The molecule has 13 nitrogen and oxygen atoms in total. The first-order valence-corrected chi connectivity index (χ1v) is 14.9. The molecular weight excluding hydrogens is 662 g/mol. The predicted molar refractivity (Wildman–Crippen MR) is 169 cm³/mol. The number of nitrogens with one attached hydrogen (secondary N) is 1. The van der Waals surface area contributed by atoms with Gasteiger partial charge < -0.3 is 30.1 Å². The Labute approximate surface area is 271 Å². The third-order valence-corrected chi connectivity index (χ3v) is 7.78. The largest absolute Gasteiger partial charge is 0.507 e. The number of benzene rings is 2. The number of nitrogens with zero attached hydrogens (tertiary/aromatic N) is 4. The van der Waals surface area contributed by atoms with Crippen LogP contribution in [-0.4, -0.2) is 93.4 Å². The van der Waals surface area contributed by atoms with E-state index in [0.717, 1.165) is 11.3 Å². The summed E-state index contributed by atoms with van der Waals surface area (Å²) in [5.74, 6) is 0.312. The van der Waals surface area contributed by atoms with Gasteiger partial charge in [-0.2, -0.15) is 4.99 Å². The highest BCUT2D eigenvalue weighted by atomic mass is 79.9. The van der Waals surface area contributed by atoms with Crippen molar-refractivity contribution in [2.45, 2.75) is 37.8 Å². The predicted octanol–water partition coefficient (Wildman–Crippen LogP) is 3.66. The lowest BCUT2D eigenvalue weighted by Crippen LogP contribution is -2.50. The minimum atomic E-state index is -1.73. The number of phenols is 1. The van der Waals surface area contributed by atoms with E-state index in [-0.39, 0.29) is 24.2 Å².